The Morgan fingerprint density at radius 2 is 2.04 bits per heavy atom. The van der Waals surface area contributed by atoms with E-state index in [1.807, 2.05) is 0 Å². The highest BCUT2D eigenvalue weighted by Gasteiger charge is 2.41. The molecule has 4 aliphatic rings. The molecule has 0 amide bonds. The molecule has 28 heavy (non-hydrogen) atoms. The Hall–Kier alpha value is -0.320. The van der Waals surface area contributed by atoms with Crippen molar-refractivity contribution in [2.75, 3.05) is 53.0 Å². The molecule has 0 aromatic heterocycles. The molecule has 162 valence electrons. The minimum absolute atomic E-state index is 0.115. The summed E-state index contributed by atoms with van der Waals surface area (Å²) < 4.78 is 5.15. The molecule has 4 heterocycles. The molecule has 0 aromatic carbocycles. The minimum atomic E-state index is 0.115. The standard InChI is InChI=1S/C20H40N6O2/c1-27-12-10-23-18-13-16(6-9-22-18)19-24-20(28-25-19)17-3-2-11-26(17)14-15-4-7-21-8-5-15/h15-25H,2-14H2,1H3/t16?,17-,18?,19?,20?/m1/s1. The van der Waals surface area contributed by atoms with Crippen LogP contribution >= 0.6 is 0 Å². The Kier molecular flexibility index (Phi) is 7.95. The van der Waals surface area contributed by atoms with E-state index >= 15 is 0 Å². The van der Waals surface area contributed by atoms with Crippen molar-refractivity contribution >= 4 is 0 Å². The summed E-state index contributed by atoms with van der Waals surface area (Å²) >= 11 is 0. The van der Waals surface area contributed by atoms with E-state index in [-0.39, 0.29) is 12.4 Å². The number of piperidine rings is 2. The molecule has 0 saturated carbocycles. The average Bonchev–Trinajstić information content (AvgIpc) is 3.39. The predicted molar refractivity (Wildman–Crippen MR) is 110 cm³/mol. The predicted octanol–water partition coefficient (Wildman–Crippen LogP) is -0.211. The Bertz CT molecular complexity index is 464. The first kappa shape index (κ1) is 20.9. The van der Waals surface area contributed by atoms with E-state index in [1.54, 1.807) is 7.11 Å². The van der Waals surface area contributed by atoms with E-state index < -0.39 is 0 Å². The second-order valence-electron chi connectivity index (χ2n) is 8.94. The Balaban J connectivity index is 1.24. The van der Waals surface area contributed by atoms with Crippen LogP contribution in [-0.4, -0.2) is 82.5 Å². The summed E-state index contributed by atoms with van der Waals surface area (Å²) in [7, 11) is 1.75. The van der Waals surface area contributed by atoms with Gasteiger partial charge in [-0.2, -0.15) is 5.48 Å². The van der Waals surface area contributed by atoms with Gasteiger partial charge in [-0.3, -0.25) is 20.4 Å². The van der Waals surface area contributed by atoms with Crippen LogP contribution in [0.3, 0.4) is 0 Å². The zero-order chi connectivity index (χ0) is 19.2. The van der Waals surface area contributed by atoms with Gasteiger partial charge in [0, 0.05) is 20.2 Å². The molecule has 4 rings (SSSR count). The van der Waals surface area contributed by atoms with Crippen LogP contribution in [0.5, 0.6) is 0 Å². The van der Waals surface area contributed by atoms with E-state index in [4.69, 9.17) is 9.57 Å². The quantitative estimate of drug-likeness (QED) is 0.361. The first-order valence-electron chi connectivity index (χ1n) is 11.4. The maximum absolute atomic E-state index is 6.08. The van der Waals surface area contributed by atoms with Gasteiger partial charge < -0.3 is 15.4 Å². The first-order chi connectivity index (χ1) is 13.8. The van der Waals surface area contributed by atoms with Gasteiger partial charge >= 0.3 is 0 Å². The van der Waals surface area contributed by atoms with E-state index in [9.17, 15) is 0 Å². The van der Waals surface area contributed by atoms with Crippen LogP contribution in [0.15, 0.2) is 0 Å². The summed E-state index contributed by atoms with van der Waals surface area (Å²) in [6, 6.07) is 0.504. The smallest absolute Gasteiger partial charge is 0.146 e. The van der Waals surface area contributed by atoms with Gasteiger partial charge in [0.25, 0.3) is 0 Å². The van der Waals surface area contributed by atoms with Crippen LogP contribution in [-0.2, 0) is 9.57 Å². The fourth-order valence-electron chi connectivity index (χ4n) is 5.37. The maximum atomic E-state index is 6.08. The molecule has 0 spiro atoms. The number of nitrogens with zero attached hydrogens (tertiary/aromatic N) is 1. The molecule has 8 heteroatoms. The lowest BCUT2D eigenvalue weighted by Crippen LogP contribution is -2.54. The Morgan fingerprint density at radius 1 is 1.14 bits per heavy atom. The number of ether oxygens (including phenoxy) is 1. The average molecular weight is 397 g/mol. The van der Waals surface area contributed by atoms with Gasteiger partial charge in [-0.15, -0.1) is 0 Å². The SMILES string of the molecule is COCCNC1CC(C2NOC([C@H]3CCCN3CC3CCNCC3)N2)CCN1. The summed E-state index contributed by atoms with van der Waals surface area (Å²) in [5, 5.41) is 14.4. The summed E-state index contributed by atoms with van der Waals surface area (Å²) in [6.07, 6.45) is 8.17. The number of nitrogens with one attached hydrogen (secondary N) is 5. The normalized spacial score (nSPS) is 38.2. The van der Waals surface area contributed by atoms with Crippen LogP contribution in [0.25, 0.3) is 0 Å². The van der Waals surface area contributed by atoms with Crippen molar-refractivity contribution in [3.63, 3.8) is 0 Å². The van der Waals surface area contributed by atoms with Crippen molar-refractivity contribution in [1.29, 1.82) is 0 Å². The molecular weight excluding hydrogens is 356 g/mol. The molecule has 5 atom stereocenters. The van der Waals surface area contributed by atoms with Crippen LogP contribution in [0.4, 0.5) is 0 Å². The Morgan fingerprint density at radius 3 is 2.89 bits per heavy atom. The second-order valence-corrected chi connectivity index (χ2v) is 8.94. The number of hydroxylamine groups is 1. The molecule has 0 bridgehead atoms. The van der Waals surface area contributed by atoms with E-state index in [1.165, 1.54) is 58.3 Å². The third-order valence-electron chi connectivity index (χ3n) is 6.99. The summed E-state index contributed by atoms with van der Waals surface area (Å²) in [5.74, 6) is 1.42. The van der Waals surface area contributed by atoms with Gasteiger partial charge in [0.2, 0.25) is 0 Å². The fraction of sp³-hybridized carbons (Fsp3) is 1.00. The van der Waals surface area contributed by atoms with E-state index in [0.717, 1.165) is 32.0 Å². The highest BCUT2D eigenvalue weighted by Crippen LogP contribution is 2.28. The molecule has 4 fully saturated rings. The van der Waals surface area contributed by atoms with Gasteiger partial charge in [-0.25, -0.2) is 0 Å². The number of rotatable bonds is 8. The third kappa shape index (κ3) is 5.43. The van der Waals surface area contributed by atoms with Gasteiger partial charge in [0.15, 0.2) is 0 Å². The minimum Gasteiger partial charge on any atom is -0.383 e. The lowest BCUT2D eigenvalue weighted by Gasteiger charge is -2.35. The van der Waals surface area contributed by atoms with Crippen molar-refractivity contribution in [2.24, 2.45) is 11.8 Å². The van der Waals surface area contributed by atoms with Crippen molar-refractivity contribution in [1.82, 2.24) is 31.6 Å². The van der Waals surface area contributed by atoms with Gasteiger partial charge in [-0.05, 0) is 76.5 Å². The summed E-state index contributed by atoms with van der Waals surface area (Å²) in [6.45, 7) is 7.50. The third-order valence-corrected chi connectivity index (χ3v) is 6.99. The molecule has 4 unspecified atom stereocenters. The van der Waals surface area contributed by atoms with Crippen molar-refractivity contribution < 1.29 is 9.57 Å². The molecule has 4 saturated heterocycles. The lowest BCUT2D eigenvalue weighted by atomic mass is 9.92. The molecule has 4 aliphatic heterocycles. The highest BCUT2D eigenvalue weighted by molar-refractivity contribution is 4.92. The fourth-order valence-corrected chi connectivity index (χ4v) is 5.37. The number of methoxy groups -OCH3 is 1. The molecule has 0 aromatic rings. The number of hydrogen-bond donors (Lipinski definition) is 5. The first-order valence-corrected chi connectivity index (χ1v) is 11.4. The number of likely N-dealkylation sites (tertiary alicyclic amines) is 1. The molecule has 5 N–H and O–H groups in total. The zero-order valence-corrected chi connectivity index (χ0v) is 17.4. The molecular formula is C20H40N6O2. The highest BCUT2D eigenvalue weighted by atomic mass is 16.7. The van der Waals surface area contributed by atoms with Crippen molar-refractivity contribution in [2.45, 2.75) is 63.1 Å². The van der Waals surface area contributed by atoms with Crippen molar-refractivity contribution in [3.8, 4) is 0 Å². The van der Waals surface area contributed by atoms with Crippen LogP contribution in [0, 0.1) is 11.8 Å². The lowest BCUT2D eigenvalue weighted by molar-refractivity contribution is -0.0270. The molecule has 0 radical (unpaired) electrons. The summed E-state index contributed by atoms with van der Waals surface area (Å²) in [5.41, 5.74) is 3.34. The van der Waals surface area contributed by atoms with Crippen LogP contribution < -0.4 is 26.7 Å². The largest absolute Gasteiger partial charge is 0.383 e. The molecule has 8 nitrogen and oxygen atoms in total. The van der Waals surface area contributed by atoms with E-state index in [0.29, 0.717) is 18.1 Å². The van der Waals surface area contributed by atoms with E-state index in [2.05, 4.69) is 31.6 Å². The van der Waals surface area contributed by atoms with Crippen molar-refractivity contribution in [3.05, 3.63) is 0 Å². The van der Waals surface area contributed by atoms with Gasteiger partial charge in [0.05, 0.1) is 25.0 Å². The maximum Gasteiger partial charge on any atom is 0.146 e. The Labute approximate surface area is 169 Å². The monoisotopic (exact) mass is 396 g/mol. The van der Waals surface area contributed by atoms with Gasteiger partial charge in [0.1, 0.15) is 6.23 Å². The van der Waals surface area contributed by atoms with Crippen LogP contribution in [0.1, 0.15) is 38.5 Å². The topological polar surface area (TPSA) is 81.8 Å². The molecule has 0 aliphatic carbocycles. The number of hydrogen-bond acceptors (Lipinski definition) is 8. The van der Waals surface area contributed by atoms with Crippen LogP contribution in [0.2, 0.25) is 0 Å². The summed E-state index contributed by atoms with van der Waals surface area (Å²) in [4.78, 5) is 8.77. The second kappa shape index (κ2) is 10.6. The zero-order valence-electron chi connectivity index (χ0n) is 17.4. The van der Waals surface area contributed by atoms with Gasteiger partial charge in [-0.1, -0.05) is 0 Å².